The minimum Gasteiger partial charge on any atom is -0.374 e. The van der Waals surface area contributed by atoms with Crippen molar-refractivity contribution in [2.45, 2.75) is 0 Å². The molecule has 0 atom stereocenters. The monoisotopic (exact) mass is 538 g/mol. The Morgan fingerprint density at radius 1 is 0.905 bits per heavy atom. The van der Waals surface area contributed by atoms with Gasteiger partial charge in [0.15, 0.2) is 0 Å². The van der Waals surface area contributed by atoms with Gasteiger partial charge in [0, 0.05) is 23.6 Å². The highest BCUT2D eigenvalue weighted by Crippen LogP contribution is 2.34. The van der Waals surface area contributed by atoms with Crippen molar-refractivity contribution in [3.63, 3.8) is 0 Å². The molecule has 0 saturated heterocycles. The van der Waals surface area contributed by atoms with Gasteiger partial charge >= 0.3 is 0 Å². The second-order valence-electron chi connectivity index (χ2n) is 4.15. The van der Waals surface area contributed by atoms with Gasteiger partial charge in [-0.25, -0.2) is 0 Å². The molecule has 2 rings (SSSR count). The average molecular weight is 542 g/mol. The Morgan fingerprint density at radius 3 is 2.05 bits per heavy atom. The summed E-state index contributed by atoms with van der Waals surface area (Å²) < 4.78 is 3.67. The second-order valence-corrected chi connectivity index (χ2v) is 7.69. The van der Waals surface area contributed by atoms with E-state index >= 15 is 0 Å². The molecule has 0 heterocycles. The highest BCUT2D eigenvalue weighted by molar-refractivity contribution is 9.11. The van der Waals surface area contributed by atoms with Crippen LogP contribution in [0.5, 0.6) is 0 Å². The molecule has 0 aliphatic carbocycles. The number of halogens is 4. The van der Waals surface area contributed by atoms with Crippen molar-refractivity contribution in [3.05, 3.63) is 54.3 Å². The number of hydrogen-bond donors (Lipinski definition) is 2. The van der Waals surface area contributed by atoms with E-state index in [0.29, 0.717) is 0 Å². The normalized spacial score (nSPS) is 10.3. The second kappa shape index (κ2) is 7.76. The smallest absolute Gasteiger partial charge is 0.243 e. The van der Waals surface area contributed by atoms with Crippen molar-refractivity contribution in [2.24, 2.45) is 0 Å². The van der Waals surface area contributed by atoms with Crippen LogP contribution in [0, 0.1) is 0 Å². The van der Waals surface area contributed by atoms with Crippen LogP contribution in [0.4, 0.5) is 11.4 Å². The Balaban J connectivity index is 1.97. The summed E-state index contributed by atoms with van der Waals surface area (Å²) in [6.07, 6.45) is 0. The molecule has 0 saturated carbocycles. The van der Waals surface area contributed by atoms with Crippen LogP contribution in [0.25, 0.3) is 0 Å². The molecule has 2 aromatic rings. The molecule has 0 aromatic heterocycles. The minimum atomic E-state index is -0.112. The third-order valence-electron chi connectivity index (χ3n) is 2.56. The molecular weight excluding hydrogens is 532 g/mol. The lowest BCUT2D eigenvalue weighted by molar-refractivity contribution is -0.114. The molecule has 21 heavy (non-hydrogen) atoms. The van der Waals surface area contributed by atoms with Crippen LogP contribution in [0.2, 0.25) is 0 Å². The van der Waals surface area contributed by atoms with E-state index in [2.05, 4.69) is 74.4 Å². The lowest BCUT2D eigenvalue weighted by atomic mass is 10.3. The van der Waals surface area contributed by atoms with E-state index in [-0.39, 0.29) is 12.5 Å². The van der Waals surface area contributed by atoms with E-state index in [1.54, 1.807) is 0 Å². The fourth-order valence-electron chi connectivity index (χ4n) is 1.62. The summed E-state index contributed by atoms with van der Waals surface area (Å²) in [6.45, 7) is 0.175. The number of nitrogens with one attached hydrogen (secondary N) is 2. The Bertz CT molecular complexity index is 636. The fourth-order valence-corrected chi connectivity index (χ4v) is 4.42. The zero-order valence-corrected chi connectivity index (χ0v) is 16.9. The van der Waals surface area contributed by atoms with Gasteiger partial charge in [0.2, 0.25) is 5.91 Å². The lowest BCUT2D eigenvalue weighted by Crippen LogP contribution is -2.22. The minimum absolute atomic E-state index is 0.112. The first-order valence-electron chi connectivity index (χ1n) is 5.89. The average Bonchev–Trinajstić information content (AvgIpc) is 2.40. The predicted octanol–water partition coefficient (Wildman–Crippen LogP) is 5.79. The van der Waals surface area contributed by atoms with Gasteiger partial charge in [0.05, 0.1) is 12.2 Å². The molecule has 0 aliphatic heterocycles. The van der Waals surface area contributed by atoms with E-state index in [1.165, 1.54) is 0 Å². The third kappa shape index (κ3) is 5.09. The quantitative estimate of drug-likeness (QED) is 0.515. The first kappa shape index (κ1) is 17.0. The van der Waals surface area contributed by atoms with Gasteiger partial charge in [0.25, 0.3) is 0 Å². The molecule has 0 aliphatic rings. The first-order valence-corrected chi connectivity index (χ1v) is 9.07. The van der Waals surface area contributed by atoms with Crippen LogP contribution < -0.4 is 10.6 Å². The van der Waals surface area contributed by atoms with Crippen molar-refractivity contribution in [2.75, 3.05) is 17.2 Å². The summed E-state index contributed by atoms with van der Waals surface area (Å²) in [6, 6.07) is 11.3. The predicted molar refractivity (Wildman–Crippen MR) is 101 cm³/mol. The van der Waals surface area contributed by atoms with Crippen LogP contribution in [-0.2, 0) is 4.79 Å². The Labute approximate surface area is 156 Å². The molecular formula is C14H10Br4N2O. The number of carbonyl (C=O) groups excluding carboxylic acids is 1. The van der Waals surface area contributed by atoms with Gasteiger partial charge in [0.1, 0.15) is 0 Å². The fraction of sp³-hybridized carbons (Fsp3) is 0.0714. The van der Waals surface area contributed by atoms with Gasteiger partial charge in [-0.05, 0) is 68.3 Å². The summed E-state index contributed by atoms with van der Waals surface area (Å²) in [5.41, 5.74) is 1.60. The number of rotatable bonds is 4. The molecule has 0 radical (unpaired) electrons. The summed E-state index contributed by atoms with van der Waals surface area (Å²) in [5, 5.41) is 5.93. The van der Waals surface area contributed by atoms with Gasteiger partial charge in [-0.15, -0.1) is 0 Å². The van der Waals surface area contributed by atoms with Crippen molar-refractivity contribution in [1.29, 1.82) is 0 Å². The topological polar surface area (TPSA) is 41.1 Å². The Kier molecular flexibility index (Phi) is 6.28. The van der Waals surface area contributed by atoms with Gasteiger partial charge in [-0.1, -0.05) is 31.9 Å². The molecule has 1 amide bonds. The van der Waals surface area contributed by atoms with Crippen LogP contribution in [0.1, 0.15) is 0 Å². The SMILES string of the molecule is O=C(CNc1c(Br)cc(Br)cc1Br)Nc1ccc(Br)cc1. The van der Waals surface area contributed by atoms with Gasteiger partial charge in [-0.3, -0.25) is 4.79 Å². The van der Waals surface area contributed by atoms with Crippen LogP contribution in [-0.4, -0.2) is 12.5 Å². The number of hydrogen-bond acceptors (Lipinski definition) is 2. The summed E-state index contributed by atoms with van der Waals surface area (Å²) >= 11 is 13.7. The van der Waals surface area contributed by atoms with E-state index in [1.807, 2.05) is 36.4 Å². The maximum atomic E-state index is 11.9. The van der Waals surface area contributed by atoms with E-state index in [4.69, 9.17) is 0 Å². The molecule has 110 valence electrons. The molecule has 2 aromatic carbocycles. The maximum absolute atomic E-state index is 11.9. The van der Waals surface area contributed by atoms with Crippen LogP contribution >= 0.6 is 63.7 Å². The van der Waals surface area contributed by atoms with E-state index in [9.17, 15) is 4.79 Å². The number of amides is 1. The molecule has 3 nitrogen and oxygen atoms in total. The van der Waals surface area contributed by atoms with Gasteiger partial charge in [-0.2, -0.15) is 0 Å². The van der Waals surface area contributed by atoms with Crippen molar-refractivity contribution in [1.82, 2.24) is 0 Å². The molecule has 2 N–H and O–H groups in total. The van der Waals surface area contributed by atoms with E-state index in [0.717, 1.165) is 29.3 Å². The summed E-state index contributed by atoms with van der Waals surface area (Å²) in [7, 11) is 0. The molecule has 0 fully saturated rings. The Morgan fingerprint density at radius 2 is 1.48 bits per heavy atom. The first-order chi connectivity index (χ1) is 9.95. The molecule has 0 bridgehead atoms. The summed E-state index contributed by atoms with van der Waals surface area (Å²) in [4.78, 5) is 11.9. The van der Waals surface area contributed by atoms with Crippen molar-refractivity contribution in [3.8, 4) is 0 Å². The lowest BCUT2D eigenvalue weighted by Gasteiger charge is -2.11. The highest BCUT2D eigenvalue weighted by atomic mass is 79.9. The molecule has 7 heteroatoms. The number of benzene rings is 2. The third-order valence-corrected chi connectivity index (χ3v) is 4.80. The van der Waals surface area contributed by atoms with Crippen LogP contribution in [0.15, 0.2) is 54.3 Å². The largest absolute Gasteiger partial charge is 0.374 e. The Hall–Kier alpha value is -0.370. The van der Waals surface area contributed by atoms with Crippen molar-refractivity contribution >= 4 is 81.0 Å². The maximum Gasteiger partial charge on any atom is 0.243 e. The zero-order chi connectivity index (χ0) is 15.4. The zero-order valence-electron chi connectivity index (χ0n) is 10.6. The standard InChI is InChI=1S/C14H10Br4N2O/c15-8-1-3-10(4-2-8)20-13(21)7-19-14-11(17)5-9(16)6-12(14)18/h1-6,19H,7H2,(H,20,21). The molecule has 0 spiro atoms. The van der Waals surface area contributed by atoms with E-state index < -0.39 is 0 Å². The molecule has 0 unspecified atom stereocenters. The summed E-state index contributed by atoms with van der Waals surface area (Å²) in [5.74, 6) is -0.112. The highest BCUT2D eigenvalue weighted by Gasteiger charge is 2.09. The van der Waals surface area contributed by atoms with Gasteiger partial charge < -0.3 is 10.6 Å². The van der Waals surface area contributed by atoms with Crippen LogP contribution in [0.3, 0.4) is 0 Å². The van der Waals surface area contributed by atoms with Crippen molar-refractivity contribution < 1.29 is 4.79 Å². The number of anilines is 2. The number of carbonyl (C=O) groups is 1.